The van der Waals surface area contributed by atoms with Gasteiger partial charge >= 0.3 is 0 Å². The molecule has 0 amide bonds. The molecule has 1 aliphatic heterocycles. The van der Waals surface area contributed by atoms with E-state index in [1.165, 1.54) is 0 Å². The second-order valence-electron chi connectivity index (χ2n) is 3.54. The predicted molar refractivity (Wildman–Crippen MR) is 66.6 cm³/mol. The summed E-state index contributed by atoms with van der Waals surface area (Å²) in [5, 5.41) is 9.87. The van der Waals surface area contributed by atoms with Crippen molar-refractivity contribution in [3.8, 4) is 0 Å². The Labute approximate surface area is 107 Å². The van der Waals surface area contributed by atoms with Crippen molar-refractivity contribution in [2.24, 2.45) is 0 Å². The van der Waals surface area contributed by atoms with E-state index in [4.69, 9.17) is 9.47 Å². The standard InChI is InChI=1S/C11H13BrO3S/c12-8-2-1-3-9(4-8)16-11-6-15-7-14-5-10(11)13/h1-4,10-11,13H,5-7H2. The zero-order chi connectivity index (χ0) is 11.4. The Balaban J connectivity index is 2.02. The molecular weight excluding hydrogens is 292 g/mol. The number of aliphatic hydroxyl groups is 1. The summed E-state index contributed by atoms with van der Waals surface area (Å²) in [5.41, 5.74) is 0. The molecule has 1 heterocycles. The van der Waals surface area contributed by atoms with Gasteiger partial charge in [0.05, 0.1) is 24.6 Å². The van der Waals surface area contributed by atoms with Crippen LogP contribution < -0.4 is 0 Å². The van der Waals surface area contributed by atoms with Crippen molar-refractivity contribution in [3.05, 3.63) is 28.7 Å². The van der Waals surface area contributed by atoms with Crippen molar-refractivity contribution in [2.75, 3.05) is 20.0 Å². The molecule has 0 saturated carbocycles. The van der Waals surface area contributed by atoms with E-state index in [0.717, 1.165) is 9.37 Å². The van der Waals surface area contributed by atoms with Gasteiger partial charge < -0.3 is 14.6 Å². The highest BCUT2D eigenvalue weighted by atomic mass is 79.9. The molecule has 2 unspecified atom stereocenters. The van der Waals surface area contributed by atoms with Crippen LogP contribution in [0.3, 0.4) is 0 Å². The third-order valence-corrected chi connectivity index (χ3v) is 4.02. The van der Waals surface area contributed by atoms with Gasteiger partial charge in [-0.05, 0) is 18.2 Å². The molecule has 1 fully saturated rings. The summed E-state index contributed by atoms with van der Waals surface area (Å²) in [6.45, 7) is 1.12. The zero-order valence-electron chi connectivity index (χ0n) is 8.64. The third kappa shape index (κ3) is 3.46. The molecule has 3 nitrogen and oxygen atoms in total. The number of rotatable bonds is 2. The van der Waals surface area contributed by atoms with E-state index in [-0.39, 0.29) is 12.0 Å². The number of ether oxygens (including phenoxy) is 2. The Morgan fingerprint density at radius 3 is 2.94 bits per heavy atom. The van der Waals surface area contributed by atoms with Gasteiger partial charge in [0, 0.05) is 9.37 Å². The van der Waals surface area contributed by atoms with Gasteiger partial charge in [0.1, 0.15) is 6.79 Å². The van der Waals surface area contributed by atoms with Crippen LogP contribution in [-0.4, -0.2) is 36.5 Å². The highest BCUT2D eigenvalue weighted by Gasteiger charge is 2.23. The second kappa shape index (κ2) is 6.02. The first-order valence-corrected chi connectivity index (χ1v) is 6.69. The smallest absolute Gasteiger partial charge is 0.146 e. The Morgan fingerprint density at radius 1 is 1.31 bits per heavy atom. The van der Waals surface area contributed by atoms with Crippen LogP contribution in [0.15, 0.2) is 33.6 Å². The lowest BCUT2D eigenvalue weighted by molar-refractivity contribution is -0.0420. The summed E-state index contributed by atoms with van der Waals surface area (Å²) >= 11 is 5.04. The van der Waals surface area contributed by atoms with Gasteiger partial charge in [-0.25, -0.2) is 0 Å². The predicted octanol–water partition coefficient (Wildman–Crippen LogP) is 2.28. The molecule has 16 heavy (non-hydrogen) atoms. The first-order valence-electron chi connectivity index (χ1n) is 5.01. The Bertz CT molecular complexity index is 348. The number of halogens is 1. The first-order chi connectivity index (χ1) is 7.75. The molecule has 0 aliphatic carbocycles. The molecule has 0 radical (unpaired) electrons. The molecule has 88 valence electrons. The van der Waals surface area contributed by atoms with Crippen molar-refractivity contribution in [1.29, 1.82) is 0 Å². The van der Waals surface area contributed by atoms with Gasteiger partial charge in [-0.1, -0.05) is 22.0 Å². The maximum Gasteiger partial charge on any atom is 0.146 e. The molecule has 2 atom stereocenters. The van der Waals surface area contributed by atoms with Gasteiger partial charge in [-0.2, -0.15) is 0 Å². The van der Waals surface area contributed by atoms with Crippen LogP contribution in [0, 0.1) is 0 Å². The SMILES string of the molecule is OC1COCOCC1Sc1cccc(Br)c1. The largest absolute Gasteiger partial charge is 0.389 e. The molecule has 5 heteroatoms. The highest BCUT2D eigenvalue weighted by Crippen LogP contribution is 2.28. The third-order valence-electron chi connectivity index (χ3n) is 2.25. The number of hydrogen-bond donors (Lipinski definition) is 1. The lowest BCUT2D eigenvalue weighted by Crippen LogP contribution is -2.28. The van der Waals surface area contributed by atoms with E-state index in [2.05, 4.69) is 15.9 Å². The average molecular weight is 305 g/mol. The fourth-order valence-electron chi connectivity index (χ4n) is 1.44. The Kier molecular flexibility index (Phi) is 4.66. The van der Waals surface area contributed by atoms with Gasteiger partial charge in [-0.3, -0.25) is 0 Å². The van der Waals surface area contributed by atoms with Crippen molar-refractivity contribution < 1.29 is 14.6 Å². The van der Waals surface area contributed by atoms with E-state index < -0.39 is 6.10 Å². The molecule has 2 rings (SSSR count). The molecule has 1 aromatic carbocycles. The van der Waals surface area contributed by atoms with E-state index in [0.29, 0.717) is 13.2 Å². The molecule has 1 aliphatic rings. The highest BCUT2D eigenvalue weighted by molar-refractivity contribution is 9.10. The van der Waals surface area contributed by atoms with Crippen LogP contribution >= 0.6 is 27.7 Å². The molecule has 1 N–H and O–H groups in total. The van der Waals surface area contributed by atoms with Gasteiger partial charge in [0.15, 0.2) is 0 Å². The van der Waals surface area contributed by atoms with E-state index >= 15 is 0 Å². The fourth-order valence-corrected chi connectivity index (χ4v) is 3.09. The van der Waals surface area contributed by atoms with Crippen molar-refractivity contribution in [1.82, 2.24) is 0 Å². The molecular formula is C11H13BrO3S. The summed E-state index contributed by atoms with van der Waals surface area (Å²) in [6, 6.07) is 8.01. The lowest BCUT2D eigenvalue weighted by Gasteiger charge is -2.18. The number of benzene rings is 1. The second-order valence-corrected chi connectivity index (χ2v) is 5.77. The van der Waals surface area contributed by atoms with E-state index in [1.54, 1.807) is 11.8 Å². The normalized spacial score (nSPS) is 26.4. The Morgan fingerprint density at radius 2 is 2.12 bits per heavy atom. The zero-order valence-corrected chi connectivity index (χ0v) is 11.0. The molecule has 0 bridgehead atoms. The average Bonchev–Trinajstić information content (AvgIpc) is 2.45. The monoisotopic (exact) mass is 304 g/mol. The summed E-state index contributed by atoms with van der Waals surface area (Å²) in [7, 11) is 0. The molecule has 1 saturated heterocycles. The minimum absolute atomic E-state index is 0.0248. The summed E-state index contributed by atoms with van der Waals surface area (Å²) in [6.07, 6.45) is -0.480. The maximum atomic E-state index is 9.84. The number of thioether (sulfide) groups is 1. The topological polar surface area (TPSA) is 38.7 Å². The van der Waals surface area contributed by atoms with Crippen LogP contribution in [0.25, 0.3) is 0 Å². The first kappa shape index (κ1) is 12.4. The van der Waals surface area contributed by atoms with Gasteiger partial charge in [0.25, 0.3) is 0 Å². The number of hydrogen-bond acceptors (Lipinski definition) is 4. The van der Waals surface area contributed by atoms with E-state index in [1.807, 2.05) is 24.3 Å². The maximum absolute atomic E-state index is 9.84. The van der Waals surface area contributed by atoms with Crippen LogP contribution in [0.2, 0.25) is 0 Å². The van der Waals surface area contributed by atoms with Crippen LogP contribution in [-0.2, 0) is 9.47 Å². The van der Waals surface area contributed by atoms with Crippen LogP contribution in [0.1, 0.15) is 0 Å². The van der Waals surface area contributed by atoms with Crippen molar-refractivity contribution in [3.63, 3.8) is 0 Å². The lowest BCUT2D eigenvalue weighted by atomic mass is 10.3. The minimum atomic E-state index is -0.480. The summed E-state index contributed by atoms with van der Waals surface area (Å²) in [4.78, 5) is 1.11. The van der Waals surface area contributed by atoms with E-state index in [9.17, 15) is 5.11 Å². The summed E-state index contributed by atoms with van der Waals surface area (Å²) < 4.78 is 11.4. The minimum Gasteiger partial charge on any atom is -0.389 e. The Hall–Kier alpha value is -0.0700. The summed E-state index contributed by atoms with van der Waals surface area (Å²) in [5.74, 6) is 0. The fraction of sp³-hybridized carbons (Fsp3) is 0.455. The van der Waals surface area contributed by atoms with Crippen LogP contribution in [0.5, 0.6) is 0 Å². The van der Waals surface area contributed by atoms with Crippen molar-refractivity contribution in [2.45, 2.75) is 16.2 Å². The molecule has 0 aromatic heterocycles. The van der Waals surface area contributed by atoms with Crippen molar-refractivity contribution >= 4 is 27.7 Å². The van der Waals surface area contributed by atoms with Crippen LogP contribution in [0.4, 0.5) is 0 Å². The van der Waals surface area contributed by atoms with Gasteiger partial charge in [0.2, 0.25) is 0 Å². The van der Waals surface area contributed by atoms with Gasteiger partial charge in [-0.15, -0.1) is 11.8 Å². The molecule has 1 aromatic rings. The quantitative estimate of drug-likeness (QED) is 0.910. The molecule has 0 spiro atoms. The number of aliphatic hydroxyl groups excluding tert-OH is 1.